The normalized spacial score (nSPS) is 12.1. The zero-order valence-electron chi connectivity index (χ0n) is 15.7. The number of thiophene rings is 1. The Kier molecular flexibility index (Phi) is 3.97. The molecule has 29 heavy (non-hydrogen) atoms. The number of hydrogen-bond donors (Lipinski definition) is 2. The summed E-state index contributed by atoms with van der Waals surface area (Å²) in [4.78, 5) is 5.17. The Morgan fingerprint density at radius 2 is 1.97 bits per heavy atom. The second kappa shape index (κ2) is 6.43. The summed E-state index contributed by atoms with van der Waals surface area (Å²) in [5.74, 6) is 0.627. The van der Waals surface area contributed by atoms with E-state index in [-0.39, 0.29) is 5.03 Å². The van der Waals surface area contributed by atoms with Crippen molar-refractivity contribution in [1.82, 2.24) is 19.7 Å². The minimum atomic E-state index is -3.80. The number of aromatic amines is 1. The van der Waals surface area contributed by atoms with Gasteiger partial charge in [-0.1, -0.05) is 18.2 Å². The van der Waals surface area contributed by atoms with Crippen molar-refractivity contribution >= 4 is 48.0 Å². The van der Waals surface area contributed by atoms with Gasteiger partial charge in [0.15, 0.2) is 5.03 Å². The standard InChI is InChI=1S/C20H17N5O2S2/c1-12-22-19(11-25(12)2)29(26,27)24-15-7-14-10-21-23-20(14)16(9-15)18-8-13-5-3-4-6-17(13)28-18/h3-11,24H,1-2H3,(H,21,23). The zero-order chi connectivity index (χ0) is 20.2. The summed E-state index contributed by atoms with van der Waals surface area (Å²) < 4.78 is 31.2. The van der Waals surface area contributed by atoms with Crippen molar-refractivity contribution in [2.75, 3.05) is 4.72 Å². The van der Waals surface area contributed by atoms with Gasteiger partial charge in [-0.3, -0.25) is 9.82 Å². The fourth-order valence-corrected chi connectivity index (χ4v) is 5.46. The summed E-state index contributed by atoms with van der Waals surface area (Å²) in [5, 5.41) is 9.14. The van der Waals surface area contributed by atoms with E-state index in [1.807, 2.05) is 18.2 Å². The van der Waals surface area contributed by atoms with Gasteiger partial charge in [-0.25, -0.2) is 4.98 Å². The monoisotopic (exact) mass is 423 g/mol. The Bertz CT molecular complexity index is 1420. The van der Waals surface area contributed by atoms with E-state index in [0.717, 1.165) is 26.7 Å². The number of benzene rings is 2. The average Bonchev–Trinajstić information content (AvgIpc) is 3.39. The van der Waals surface area contributed by atoms with Gasteiger partial charge in [0.25, 0.3) is 10.0 Å². The summed E-state index contributed by atoms with van der Waals surface area (Å²) in [6.45, 7) is 1.76. The molecule has 0 saturated heterocycles. The van der Waals surface area contributed by atoms with Crippen molar-refractivity contribution in [2.24, 2.45) is 7.05 Å². The van der Waals surface area contributed by atoms with E-state index >= 15 is 0 Å². The third-order valence-corrected chi connectivity index (χ3v) is 7.26. The topological polar surface area (TPSA) is 92.7 Å². The predicted octanol–water partition coefficient (Wildman–Crippen LogP) is 4.29. The number of fused-ring (bicyclic) bond motifs is 2. The Morgan fingerprint density at radius 1 is 1.14 bits per heavy atom. The molecule has 5 rings (SSSR count). The first-order chi connectivity index (χ1) is 13.9. The minimum absolute atomic E-state index is 0.00629. The first-order valence-electron chi connectivity index (χ1n) is 8.89. The van der Waals surface area contributed by atoms with Gasteiger partial charge in [0.1, 0.15) is 5.82 Å². The first kappa shape index (κ1) is 17.9. The molecule has 0 aliphatic rings. The second-order valence-electron chi connectivity index (χ2n) is 6.85. The third kappa shape index (κ3) is 3.08. The Labute approximate surface area is 171 Å². The van der Waals surface area contributed by atoms with E-state index in [4.69, 9.17) is 0 Å². The average molecular weight is 424 g/mol. The lowest BCUT2D eigenvalue weighted by atomic mass is 10.1. The van der Waals surface area contributed by atoms with E-state index in [9.17, 15) is 8.42 Å². The molecule has 2 N–H and O–H groups in total. The number of sulfonamides is 1. The highest BCUT2D eigenvalue weighted by molar-refractivity contribution is 7.92. The quantitative estimate of drug-likeness (QED) is 0.451. The van der Waals surface area contributed by atoms with Crippen LogP contribution < -0.4 is 4.72 Å². The summed E-state index contributed by atoms with van der Waals surface area (Å²) in [6, 6.07) is 13.9. The van der Waals surface area contributed by atoms with Crippen molar-refractivity contribution in [1.29, 1.82) is 0 Å². The van der Waals surface area contributed by atoms with Gasteiger partial charge >= 0.3 is 0 Å². The summed E-state index contributed by atoms with van der Waals surface area (Å²) in [7, 11) is -2.04. The van der Waals surface area contributed by atoms with Gasteiger partial charge < -0.3 is 4.57 Å². The molecule has 146 valence electrons. The molecule has 7 nitrogen and oxygen atoms in total. The molecule has 0 fully saturated rings. The molecule has 3 heterocycles. The van der Waals surface area contributed by atoms with Crippen LogP contribution in [-0.4, -0.2) is 28.2 Å². The molecule has 0 atom stereocenters. The first-order valence-corrected chi connectivity index (χ1v) is 11.2. The minimum Gasteiger partial charge on any atom is -0.337 e. The second-order valence-corrected chi connectivity index (χ2v) is 9.56. The number of nitrogens with one attached hydrogen (secondary N) is 2. The van der Waals surface area contributed by atoms with Gasteiger partial charge in [0, 0.05) is 33.8 Å². The van der Waals surface area contributed by atoms with E-state index in [1.54, 1.807) is 42.1 Å². The lowest BCUT2D eigenvalue weighted by Gasteiger charge is -2.09. The highest BCUT2D eigenvalue weighted by Gasteiger charge is 2.20. The maximum Gasteiger partial charge on any atom is 0.280 e. The summed E-state index contributed by atoms with van der Waals surface area (Å²) in [5.41, 5.74) is 2.24. The predicted molar refractivity (Wildman–Crippen MR) is 116 cm³/mol. The van der Waals surface area contributed by atoms with Crippen LogP contribution in [0.2, 0.25) is 0 Å². The number of hydrogen-bond acceptors (Lipinski definition) is 5. The highest BCUT2D eigenvalue weighted by atomic mass is 32.2. The molecule has 0 radical (unpaired) electrons. The van der Waals surface area contributed by atoms with Crippen LogP contribution in [0.25, 0.3) is 31.4 Å². The van der Waals surface area contributed by atoms with Gasteiger partial charge in [0.05, 0.1) is 17.4 Å². The van der Waals surface area contributed by atoms with Crippen molar-refractivity contribution in [3.63, 3.8) is 0 Å². The van der Waals surface area contributed by atoms with Gasteiger partial charge in [-0.15, -0.1) is 11.3 Å². The van der Waals surface area contributed by atoms with Crippen molar-refractivity contribution in [2.45, 2.75) is 11.9 Å². The maximum atomic E-state index is 12.8. The van der Waals surface area contributed by atoms with Crippen LogP contribution in [-0.2, 0) is 17.1 Å². The molecule has 0 spiro atoms. The molecule has 0 aliphatic heterocycles. The number of H-pyrrole nitrogens is 1. The van der Waals surface area contributed by atoms with Crippen LogP contribution in [0.3, 0.4) is 0 Å². The van der Waals surface area contributed by atoms with Crippen LogP contribution >= 0.6 is 11.3 Å². The lowest BCUT2D eigenvalue weighted by Crippen LogP contribution is -2.13. The fraction of sp³-hybridized carbons (Fsp3) is 0.100. The van der Waals surface area contributed by atoms with E-state index < -0.39 is 10.0 Å². The zero-order valence-corrected chi connectivity index (χ0v) is 17.3. The van der Waals surface area contributed by atoms with E-state index in [2.05, 4.69) is 38.1 Å². The number of aromatic nitrogens is 4. The van der Waals surface area contributed by atoms with Gasteiger partial charge in [-0.2, -0.15) is 13.5 Å². The van der Waals surface area contributed by atoms with Crippen molar-refractivity contribution < 1.29 is 8.42 Å². The van der Waals surface area contributed by atoms with Crippen molar-refractivity contribution in [3.05, 3.63) is 60.7 Å². The molecule has 0 amide bonds. The van der Waals surface area contributed by atoms with Crippen molar-refractivity contribution in [3.8, 4) is 10.4 Å². The van der Waals surface area contributed by atoms with Crippen LogP contribution in [0.15, 0.2) is 59.9 Å². The maximum absolute atomic E-state index is 12.8. The summed E-state index contributed by atoms with van der Waals surface area (Å²) in [6.07, 6.45) is 3.19. The summed E-state index contributed by atoms with van der Waals surface area (Å²) >= 11 is 1.66. The highest BCUT2D eigenvalue weighted by Crippen LogP contribution is 2.38. The Balaban J connectivity index is 1.62. The molecular formula is C20H17N5O2S2. The van der Waals surface area contributed by atoms with Crippen LogP contribution in [0.4, 0.5) is 5.69 Å². The van der Waals surface area contributed by atoms with Crippen LogP contribution in [0, 0.1) is 6.92 Å². The number of nitrogens with zero attached hydrogens (tertiary/aromatic N) is 3. The fourth-order valence-electron chi connectivity index (χ4n) is 3.29. The van der Waals surface area contributed by atoms with Crippen LogP contribution in [0.5, 0.6) is 0 Å². The molecule has 0 aliphatic carbocycles. The lowest BCUT2D eigenvalue weighted by molar-refractivity contribution is 0.598. The SMILES string of the molecule is Cc1nc(S(=O)(=O)Nc2cc(-c3cc4ccccc4s3)c3[nH]ncc3c2)cn1C. The van der Waals surface area contributed by atoms with E-state index in [1.165, 1.54) is 10.9 Å². The molecule has 0 saturated carbocycles. The molecule has 2 aromatic carbocycles. The molecule has 9 heteroatoms. The van der Waals surface area contributed by atoms with Crippen LogP contribution in [0.1, 0.15) is 5.82 Å². The van der Waals surface area contributed by atoms with Gasteiger partial charge in [-0.05, 0) is 36.6 Å². The Hall–Kier alpha value is -3.17. The number of anilines is 1. The van der Waals surface area contributed by atoms with E-state index in [0.29, 0.717) is 11.5 Å². The smallest absolute Gasteiger partial charge is 0.280 e. The van der Waals surface area contributed by atoms with Gasteiger partial charge in [0.2, 0.25) is 0 Å². The molecule has 3 aromatic heterocycles. The molecular weight excluding hydrogens is 406 g/mol. The molecule has 0 unspecified atom stereocenters. The molecule has 5 aromatic rings. The number of aryl methyl sites for hydroxylation is 2. The number of rotatable bonds is 4. The third-order valence-electron chi connectivity index (χ3n) is 4.85. The Morgan fingerprint density at radius 3 is 2.72 bits per heavy atom. The largest absolute Gasteiger partial charge is 0.337 e. The molecule has 0 bridgehead atoms. The number of imidazole rings is 1.